The Labute approximate surface area is 176 Å². The number of aryl methyl sites for hydroxylation is 2. The van der Waals surface area contributed by atoms with Crippen molar-refractivity contribution in [3.63, 3.8) is 0 Å². The Balaban J connectivity index is 1.65. The Kier molecular flexibility index (Phi) is 4.26. The van der Waals surface area contributed by atoms with Gasteiger partial charge in [-0.3, -0.25) is 13.9 Å². The van der Waals surface area contributed by atoms with Gasteiger partial charge in [-0.15, -0.1) is 0 Å². The van der Waals surface area contributed by atoms with Crippen LogP contribution >= 0.6 is 11.6 Å². The third kappa shape index (κ3) is 2.77. The van der Waals surface area contributed by atoms with Crippen LogP contribution in [0.25, 0.3) is 22.1 Å². The molecule has 156 valence electrons. The van der Waals surface area contributed by atoms with Gasteiger partial charge in [0.25, 0.3) is 5.56 Å². The monoisotopic (exact) mass is 427 g/mol. The topological polar surface area (TPSA) is 107 Å². The SMILES string of the molecule is Cn1c(N2CCC(N)C2)nc2c1c(=O)n(Cc1cc3c(Cl)cccc3[nH]1)c(=O)n2C. The molecule has 1 saturated heterocycles. The fourth-order valence-corrected chi connectivity index (χ4v) is 4.48. The molecule has 0 bridgehead atoms. The number of benzene rings is 1. The molecule has 1 aliphatic heterocycles. The van der Waals surface area contributed by atoms with Crippen LogP contribution in [0.15, 0.2) is 33.9 Å². The highest BCUT2D eigenvalue weighted by Crippen LogP contribution is 2.24. The van der Waals surface area contributed by atoms with E-state index in [1.807, 2.05) is 18.2 Å². The Morgan fingerprint density at radius 2 is 2.07 bits per heavy atom. The van der Waals surface area contributed by atoms with Crippen molar-refractivity contribution in [2.75, 3.05) is 18.0 Å². The zero-order chi connectivity index (χ0) is 21.2. The number of hydrogen-bond acceptors (Lipinski definition) is 5. The average molecular weight is 428 g/mol. The van der Waals surface area contributed by atoms with Gasteiger partial charge in [-0.2, -0.15) is 4.98 Å². The molecule has 0 spiro atoms. The lowest BCUT2D eigenvalue weighted by Gasteiger charge is -2.16. The standard InChI is InChI=1S/C20H22ClN7O2/c1-25-16-17(24-19(25)27-7-6-11(22)9-27)26(2)20(30)28(18(16)29)10-12-8-13-14(21)4-3-5-15(13)23-12/h3-5,8,11,23H,6-7,9-10,22H2,1-2H3. The summed E-state index contributed by atoms with van der Waals surface area (Å²) >= 11 is 6.26. The molecule has 5 rings (SSSR count). The number of nitrogens with two attached hydrogens (primary N) is 1. The van der Waals surface area contributed by atoms with Crippen LogP contribution in [0.4, 0.5) is 5.95 Å². The number of rotatable bonds is 3. The maximum absolute atomic E-state index is 13.3. The van der Waals surface area contributed by atoms with Gasteiger partial charge in [0.15, 0.2) is 11.2 Å². The van der Waals surface area contributed by atoms with Crippen molar-refractivity contribution >= 4 is 39.6 Å². The van der Waals surface area contributed by atoms with Gasteiger partial charge in [0.05, 0.1) is 6.54 Å². The van der Waals surface area contributed by atoms with Gasteiger partial charge in [0, 0.05) is 54.8 Å². The van der Waals surface area contributed by atoms with Gasteiger partial charge in [-0.05, 0) is 24.6 Å². The Bertz CT molecular complexity index is 1410. The van der Waals surface area contributed by atoms with Crippen LogP contribution in [0.2, 0.25) is 5.02 Å². The molecule has 0 amide bonds. The number of nitrogens with one attached hydrogen (secondary N) is 1. The summed E-state index contributed by atoms with van der Waals surface area (Å²) in [6, 6.07) is 7.51. The molecule has 0 radical (unpaired) electrons. The van der Waals surface area contributed by atoms with Crippen molar-refractivity contribution < 1.29 is 0 Å². The van der Waals surface area contributed by atoms with Crippen molar-refractivity contribution in [2.24, 2.45) is 19.8 Å². The third-order valence-electron chi connectivity index (χ3n) is 5.84. The van der Waals surface area contributed by atoms with Crippen molar-refractivity contribution in [3.05, 3.63) is 55.8 Å². The highest BCUT2D eigenvalue weighted by Gasteiger charge is 2.26. The first-order valence-electron chi connectivity index (χ1n) is 9.78. The van der Waals surface area contributed by atoms with E-state index < -0.39 is 5.69 Å². The quantitative estimate of drug-likeness (QED) is 0.510. The summed E-state index contributed by atoms with van der Waals surface area (Å²) in [6.45, 7) is 1.56. The Hall–Kier alpha value is -3.04. The predicted molar refractivity (Wildman–Crippen MR) is 117 cm³/mol. The molecule has 30 heavy (non-hydrogen) atoms. The van der Waals surface area contributed by atoms with Gasteiger partial charge < -0.3 is 20.2 Å². The predicted octanol–water partition coefficient (Wildman–Crippen LogP) is 1.15. The van der Waals surface area contributed by atoms with Crippen molar-refractivity contribution in [1.82, 2.24) is 23.7 Å². The van der Waals surface area contributed by atoms with Crippen LogP contribution in [0.5, 0.6) is 0 Å². The second-order valence-electron chi connectivity index (χ2n) is 7.87. The largest absolute Gasteiger partial charge is 0.357 e. The first kappa shape index (κ1) is 19.0. The second-order valence-corrected chi connectivity index (χ2v) is 8.27. The fraction of sp³-hybridized carbons (Fsp3) is 0.350. The molecule has 1 fully saturated rings. The van der Waals surface area contributed by atoms with Gasteiger partial charge >= 0.3 is 5.69 Å². The zero-order valence-corrected chi connectivity index (χ0v) is 17.5. The van der Waals surface area contributed by atoms with Crippen molar-refractivity contribution in [2.45, 2.75) is 19.0 Å². The van der Waals surface area contributed by atoms with Crippen LogP contribution < -0.4 is 21.9 Å². The molecular weight excluding hydrogens is 406 g/mol. The van der Waals surface area contributed by atoms with E-state index in [-0.39, 0.29) is 18.1 Å². The molecule has 3 aromatic heterocycles. The molecule has 1 aromatic carbocycles. The van der Waals surface area contributed by atoms with Crippen LogP contribution in [-0.2, 0) is 20.6 Å². The number of anilines is 1. The molecule has 1 atom stereocenters. The van der Waals surface area contributed by atoms with E-state index in [2.05, 4.69) is 14.9 Å². The van der Waals surface area contributed by atoms with E-state index in [4.69, 9.17) is 17.3 Å². The molecule has 1 unspecified atom stereocenters. The molecule has 4 heterocycles. The van der Waals surface area contributed by atoms with E-state index >= 15 is 0 Å². The maximum atomic E-state index is 13.3. The second kappa shape index (κ2) is 6.75. The van der Waals surface area contributed by atoms with E-state index in [1.165, 1.54) is 9.13 Å². The number of aromatic amines is 1. The Morgan fingerprint density at radius 1 is 1.27 bits per heavy atom. The normalized spacial score (nSPS) is 16.9. The molecule has 10 heteroatoms. The van der Waals surface area contributed by atoms with E-state index in [0.29, 0.717) is 28.7 Å². The third-order valence-corrected chi connectivity index (χ3v) is 6.17. The highest BCUT2D eigenvalue weighted by molar-refractivity contribution is 6.35. The summed E-state index contributed by atoms with van der Waals surface area (Å²) < 4.78 is 4.40. The average Bonchev–Trinajstić information content (AvgIpc) is 3.41. The summed E-state index contributed by atoms with van der Waals surface area (Å²) in [7, 11) is 3.43. The van der Waals surface area contributed by atoms with Crippen molar-refractivity contribution in [1.29, 1.82) is 0 Å². The lowest BCUT2D eigenvalue weighted by Crippen LogP contribution is -2.39. The number of aromatic nitrogens is 5. The van der Waals surface area contributed by atoms with E-state index in [0.717, 1.165) is 29.6 Å². The number of imidazole rings is 1. The number of hydrogen-bond donors (Lipinski definition) is 2. The van der Waals surface area contributed by atoms with Crippen LogP contribution in [-0.4, -0.2) is 42.8 Å². The first-order chi connectivity index (χ1) is 14.3. The van der Waals surface area contributed by atoms with Crippen LogP contribution in [0.1, 0.15) is 12.1 Å². The van der Waals surface area contributed by atoms with Crippen molar-refractivity contribution in [3.8, 4) is 0 Å². The minimum Gasteiger partial charge on any atom is -0.357 e. The van der Waals surface area contributed by atoms with E-state index in [1.54, 1.807) is 24.7 Å². The van der Waals surface area contributed by atoms with Gasteiger partial charge in [0.2, 0.25) is 5.95 Å². The molecule has 9 nitrogen and oxygen atoms in total. The number of H-pyrrole nitrogens is 1. The van der Waals surface area contributed by atoms with Gasteiger partial charge in [0.1, 0.15) is 0 Å². The summed E-state index contributed by atoms with van der Waals surface area (Å²) in [4.78, 5) is 36.2. The van der Waals surface area contributed by atoms with E-state index in [9.17, 15) is 9.59 Å². The maximum Gasteiger partial charge on any atom is 0.332 e. The lowest BCUT2D eigenvalue weighted by molar-refractivity contribution is 0.648. The molecule has 3 N–H and O–H groups in total. The first-order valence-corrected chi connectivity index (χ1v) is 10.2. The molecular formula is C20H22ClN7O2. The fourth-order valence-electron chi connectivity index (χ4n) is 4.25. The Morgan fingerprint density at radius 3 is 2.77 bits per heavy atom. The highest BCUT2D eigenvalue weighted by atomic mass is 35.5. The summed E-state index contributed by atoms with van der Waals surface area (Å²) in [6.07, 6.45) is 0.870. The van der Waals surface area contributed by atoms with Crippen LogP contribution in [0.3, 0.4) is 0 Å². The number of halogens is 1. The minimum absolute atomic E-state index is 0.0825. The summed E-state index contributed by atoms with van der Waals surface area (Å²) in [5.74, 6) is 0.653. The minimum atomic E-state index is -0.417. The number of fused-ring (bicyclic) bond motifs is 2. The van der Waals surface area contributed by atoms with Crippen LogP contribution in [0, 0.1) is 0 Å². The summed E-state index contributed by atoms with van der Waals surface area (Å²) in [5, 5.41) is 1.47. The molecule has 0 saturated carbocycles. The van der Waals surface area contributed by atoms with Gasteiger partial charge in [-0.1, -0.05) is 17.7 Å². The zero-order valence-electron chi connectivity index (χ0n) is 16.7. The van der Waals surface area contributed by atoms with Gasteiger partial charge in [-0.25, -0.2) is 4.79 Å². The molecule has 4 aromatic rings. The molecule has 1 aliphatic rings. The summed E-state index contributed by atoms with van der Waals surface area (Å²) in [5.41, 5.74) is 7.59. The smallest absolute Gasteiger partial charge is 0.332 e. The molecule has 0 aliphatic carbocycles. The lowest BCUT2D eigenvalue weighted by atomic mass is 10.2. The number of nitrogens with zero attached hydrogens (tertiary/aromatic N) is 5.